The van der Waals surface area contributed by atoms with Crippen LogP contribution < -0.4 is 5.32 Å². The van der Waals surface area contributed by atoms with Crippen LogP contribution in [0.5, 0.6) is 0 Å². The molecule has 2 aromatic rings. The van der Waals surface area contributed by atoms with Crippen LogP contribution >= 0.6 is 0 Å². The Morgan fingerprint density at radius 1 is 1.35 bits per heavy atom. The van der Waals surface area contributed by atoms with E-state index in [1.807, 2.05) is 31.6 Å². The summed E-state index contributed by atoms with van der Waals surface area (Å²) < 4.78 is 1.77. The summed E-state index contributed by atoms with van der Waals surface area (Å²) in [6.45, 7) is 2.63. The lowest BCUT2D eigenvalue weighted by molar-refractivity contribution is -0.133. The van der Waals surface area contributed by atoms with Crippen molar-refractivity contribution in [1.82, 2.24) is 20.0 Å². The van der Waals surface area contributed by atoms with E-state index < -0.39 is 0 Å². The highest BCUT2D eigenvalue weighted by Crippen LogP contribution is 2.33. The number of aromatic nitrogens is 2. The van der Waals surface area contributed by atoms with E-state index in [0.29, 0.717) is 13.1 Å². The molecule has 1 aromatic carbocycles. The number of hydrogen-bond donors (Lipinski definition) is 1. The Kier molecular flexibility index (Phi) is 4.14. The Bertz CT molecular complexity index is 738. The highest BCUT2D eigenvalue weighted by atomic mass is 16.2. The van der Waals surface area contributed by atoms with Crippen LogP contribution in [0.2, 0.25) is 0 Å². The predicted octanol–water partition coefficient (Wildman–Crippen LogP) is 1.03. The van der Waals surface area contributed by atoms with Crippen LogP contribution in [0.1, 0.15) is 29.5 Å². The van der Waals surface area contributed by atoms with E-state index in [9.17, 15) is 9.59 Å². The minimum Gasteiger partial charge on any atom is -0.347 e. The fourth-order valence-electron chi connectivity index (χ4n) is 3.01. The molecule has 1 aliphatic heterocycles. The lowest BCUT2D eigenvalue weighted by Crippen LogP contribution is -2.43. The van der Waals surface area contributed by atoms with Crippen LogP contribution in [0, 0.1) is 0 Å². The molecule has 0 saturated carbocycles. The lowest BCUT2D eigenvalue weighted by Gasteiger charge is -2.34. The summed E-state index contributed by atoms with van der Waals surface area (Å²) in [5, 5.41) is 6.83. The number of amides is 2. The number of hydrogen-bond acceptors (Lipinski definition) is 3. The number of nitrogens with one attached hydrogen (secondary N) is 1. The molecular formula is C17H20N4O2. The normalized spacial score (nSPS) is 16.8. The van der Waals surface area contributed by atoms with Gasteiger partial charge in [0.15, 0.2) is 0 Å². The van der Waals surface area contributed by atoms with Gasteiger partial charge in [-0.05, 0) is 16.7 Å². The lowest BCUT2D eigenvalue weighted by atomic mass is 9.86. The van der Waals surface area contributed by atoms with Gasteiger partial charge in [0, 0.05) is 39.2 Å². The third kappa shape index (κ3) is 3.26. The van der Waals surface area contributed by atoms with Gasteiger partial charge in [0.1, 0.15) is 0 Å². The zero-order valence-electron chi connectivity index (χ0n) is 13.3. The summed E-state index contributed by atoms with van der Waals surface area (Å²) in [6, 6.07) is 8.18. The molecule has 2 amide bonds. The van der Waals surface area contributed by atoms with Gasteiger partial charge in [0.25, 0.3) is 0 Å². The number of carbonyl (C=O) groups is 2. The van der Waals surface area contributed by atoms with Crippen molar-refractivity contribution in [3.63, 3.8) is 0 Å². The second-order valence-corrected chi connectivity index (χ2v) is 5.88. The molecule has 1 unspecified atom stereocenters. The summed E-state index contributed by atoms with van der Waals surface area (Å²) >= 11 is 0. The first-order valence-corrected chi connectivity index (χ1v) is 7.63. The van der Waals surface area contributed by atoms with Crippen LogP contribution in [-0.4, -0.2) is 39.6 Å². The molecule has 1 aromatic heterocycles. The minimum absolute atomic E-state index is 0.0389. The predicted molar refractivity (Wildman–Crippen MR) is 85.6 cm³/mol. The maximum atomic E-state index is 12.4. The molecule has 6 nitrogen and oxygen atoms in total. The molecule has 3 rings (SSSR count). The Morgan fingerprint density at radius 3 is 2.83 bits per heavy atom. The van der Waals surface area contributed by atoms with E-state index in [0.717, 1.165) is 11.1 Å². The SMILES string of the molecule is CC(=O)NCC(=O)N1Cc2ccccc2C(c2cnn(C)c2)C1. The zero-order valence-corrected chi connectivity index (χ0v) is 13.3. The first kappa shape index (κ1) is 15.3. The second-order valence-electron chi connectivity index (χ2n) is 5.88. The van der Waals surface area contributed by atoms with Crippen LogP contribution in [0.25, 0.3) is 0 Å². The molecule has 1 aliphatic rings. The number of benzene rings is 1. The van der Waals surface area contributed by atoms with Crippen molar-refractivity contribution in [2.24, 2.45) is 7.05 Å². The van der Waals surface area contributed by atoms with E-state index in [1.165, 1.54) is 12.5 Å². The number of aryl methyl sites for hydroxylation is 1. The fraction of sp³-hybridized carbons (Fsp3) is 0.353. The maximum Gasteiger partial charge on any atom is 0.242 e. The van der Waals surface area contributed by atoms with Crippen molar-refractivity contribution >= 4 is 11.8 Å². The third-order valence-corrected chi connectivity index (χ3v) is 4.16. The minimum atomic E-state index is -0.195. The van der Waals surface area contributed by atoms with Crippen LogP contribution in [0.3, 0.4) is 0 Å². The quantitative estimate of drug-likeness (QED) is 0.920. The van der Waals surface area contributed by atoms with Crippen molar-refractivity contribution in [1.29, 1.82) is 0 Å². The van der Waals surface area contributed by atoms with Gasteiger partial charge in [-0.25, -0.2) is 0 Å². The van der Waals surface area contributed by atoms with E-state index in [4.69, 9.17) is 0 Å². The largest absolute Gasteiger partial charge is 0.347 e. The summed E-state index contributed by atoms with van der Waals surface area (Å²) in [6.07, 6.45) is 3.84. The standard InChI is InChI=1S/C17H20N4O2/c1-12(22)18-8-17(23)21-10-13-5-3-4-6-15(13)16(11-21)14-7-19-20(2)9-14/h3-7,9,16H,8,10-11H2,1-2H3,(H,18,22). The first-order valence-electron chi connectivity index (χ1n) is 7.63. The van der Waals surface area contributed by atoms with E-state index in [2.05, 4.69) is 22.5 Å². The van der Waals surface area contributed by atoms with E-state index in [-0.39, 0.29) is 24.3 Å². The first-order chi connectivity index (χ1) is 11.0. The molecule has 2 heterocycles. The van der Waals surface area contributed by atoms with Gasteiger partial charge in [-0.1, -0.05) is 24.3 Å². The smallest absolute Gasteiger partial charge is 0.242 e. The number of fused-ring (bicyclic) bond motifs is 1. The average molecular weight is 312 g/mol. The number of nitrogens with zero attached hydrogens (tertiary/aromatic N) is 3. The molecule has 0 saturated heterocycles. The summed E-state index contributed by atoms with van der Waals surface area (Å²) in [7, 11) is 1.89. The van der Waals surface area contributed by atoms with Gasteiger partial charge in [0.05, 0.1) is 12.7 Å². The molecule has 0 radical (unpaired) electrons. The number of carbonyl (C=O) groups excluding carboxylic acids is 2. The van der Waals surface area contributed by atoms with Gasteiger partial charge in [0.2, 0.25) is 11.8 Å². The van der Waals surface area contributed by atoms with Crippen LogP contribution in [0.4, 0.5) is 0 Å². The summed E-state index contributed by atoms with van der Waals surface area (Å²) in [5.74, 6) is -0.155. The molecule has 1 N–H and O–H groups in total. The van der Waals surface area contributed by atoms with Gasteiger partial charge >= 0.3 is 0 Å². The molecule has 0 spiro atoms. The highest BCUT2D eigenvalue weighted by Gasteiger charge is 2.29. The van der Waals surface area contributed by atoms with Gasteiger partial charge in [-0.3, -0.25) is 14.3 Å². The monoisotopic (exact) mass is 312 g/mol. The Labute approximate surface area is 135 Å². The van der Waals surface area contributed by atoms with Gasteiger partial charge in [-0.2, -0.15) is 5.10 Å². The summed E-state index contributed by atoms with van der Waals surface area (Å²) in [5.41, 5.74) is 3.48. The van der Waals surface area contributed by atoms with Crippen LogP contribution in [-0.2, 0) is 23.2 Å². The molecule has 23 heavy (non-hydrogen) atoms. The Morgan fingerprint density at radius 2 is 2.13 bits per heavy atom. The van der Waals surface area contributed by atoms with Crippen molar-refractivity contribution < 1.29 is 9.59 Å². The molecule has 0 fully saturated rings. The van der Waals surface area contributed by atoms with E-state index in [1.54, 1.807) is 9.58 Å². The number of rotatable bonds is 3. The van der Waals surface area contributed by atoms with Crippen molar-refractivity contribution in [3.05, 3.63) is 53.3 Å². The van der Waals surface area contributed by atoms with Crippen molar-refractivity contribution in [3.8, 4) is 0 Å². The Balaban J connectivity index is 1.87. The topological polar surface area (TPSA) is 67.2 Å². The van der Waals surface area contributed by atoms with Crippen molar-refractivity contribution in [2.45, 2.75) is 19.4 Å². The fourth-order valence-corrected chi connectivity index (χ4v) is 3.01. The van der Waals surface area contributed by atoms with Gasteiger partial charge < -0.3 is 10.2 Å². The van der Waals surface area contributed by atoms with Crippen molar-refractivity contribution in [2.75, 3.05) is 13.1 Å². The highest BCUT2D eigenvalue weighted by molar-refractivity contribution is 5.84. The molecule has 6 heteroatoms. The molecule has 0 bridgehead atoms. The third-order valence-electron chi connectivity index (χ3n) is 4.16. The average Bonchev–Trinajstić information content (AvgIpc) is 2.97. The second kappa shape index (κ2) is 6.24. The zero-order chi connectivity index (χ0) is 16.4. The van der Waals surface area contributed by atoms with E-state index >= 15 is 0 Å². The summed E-state index contributed by atoms with van der Waals surface area (Å²) in [4.78, 5) is 25.2. The Hall–Kier alpha value is -2.63. The maximum absolute atomic E-state index is 12.4. The molecule has 1 atom stereocenters. The van der Waals surface area contributed by atoms with Gasteiger partial charge in [-0.15, -0.1) is 0 Å². The molecular weight excluding hydrogens is 292 g/mol. The molecule has 0 aliphatic carbocycles. The van der Waals surface area contributed by atoms with Crippen LogP contribution in [0.15, 0.2) is 36.7 Å². The molecule has 120 valence electrons.